The Balaban J connectivity index is 1.94. The number of rotatable bonds is 2. The molecule has 4 nitrogen and oxygen atoms in total. The molecule has 2 rings (SSSR count). The molecule has 4 heteroatoms. The molecule has 17 heavy (non-hydrogen) atoms. The van der Waals surface area contributed by atoms with Gasteiger partial charge >= 0.3 is 0 Å². The van der Waals surface area contributed by atoms with Crippen molar-refractivity contribution in [2.45, 2.75) is 57.0 Å². The second-order valence-corrected chi connectivity index (χ2v) is 5.99. The van der Waals surface area contributed by atoms with Crippen LogP contribution in [0, 0.1) is 5.92 Å². The van der Waals surface area contributed by atoms with Gasteiger partial charge in [0.05, 0.1) is 5.54 Å². The Morgan fingerprint density at radius 3 is 2.71 bits per heavy atom. The van der Waals surface area contributed by atoms with Crippen LogP contribution in [0.15, 0.2) is 0 Å². The average Bonchev–Trinajstić information content (AvgIpc) is 2.54. The number of hydrogen-bond donors (Lipinski definition) is 2. The van der Waals surface area contributed by atoms with E-state index in [4.69, 9.17) is 11.5 Å². The monoisotopic (exact) mass is 239 g/mol. The van der Waals surface area contributed by atoms with Crippen LogP contribution in [0.1, 0.15) is 45.4 Å². The minimum Gasteiger partial charge on any atom is -0.368 e. The van der Waals surface area contributed by atoms with Crippen LogP contribution in [0.2, 0.25) is 0 Å². The Morgan fingerprint density at radius 1 is 1.29 bits per heavy atom. The molecule has 2 aliphatic rings. The van der Waals surface area contributed by atoms with E-state index in [1.807, 2.05) is 0 Å². The molecule has 1 aliphatic heterocycles. The third-order valence-corrected chi connectivity index (χ3v) is 4.58. The van der Waals surface area contributed by atoms with Crippen LogP contribution in [0.4, 0.5) is 0 Å². The summed E-state index contributed by atoms with van der Waals surface area (Å²) in [6.45, 7) is 4.64. The van der Waals surface area contributed by atoms with Gasteiger partial charge in [-0.05, 0) is 57.5 Å². The summed E-state index contributed by atoms with van der Waals surface area (Å²) in [5, 5.41) is 0. The first-order valence-corrected chi connectivity index (χ1v) is 6.84. The van der Waals surface area contributed by atoms with Gasteiger partial charge in [0.2, 0.25) is 5.91 Å². The predicted molar refractivity (Wildman–Crippen MR) is 68.3 cm³/mol. The zero-order valence-electron chi connectivity index (χ0n) is 10.8. The Hall–Kier alpha value is -0.610. The second-order valence-electron chi connectivity index (χ2n) is 5.99. The average molecular weight is 239 g/mol. The van der Waals surface area contributed by atoms with E-state index in [0.717, 1.165) is 38.3 Å². The first-order chi connectivity index (χ1) is 8.01. The highest BCUT2D eigenvalue weighted by atomic mass is 16.1. The van der Waals surface area contributed by atoms with Crippen LogP contribution < -0.4 is 11.5 Å². The molecule has 3 atom stereocenters. The maximum Gasteiger partial charge on any atom is 0.237 e. The zero-order valence-corrected chi connectivity index (χ0v) is 10.8. The number of amides is 1. The molecule has 0 aromatic rings. The van der Waals surface area contributed by atoms with Gasteiger partial charge in [0.15, 0.2) is 0 Å². The van der Waals surface area contributed by atoms with E-state index in [9.17, 15) is 4.79 Å². The Kier molecular flexibility index (Phi) is 3.73. The van der Waals surface area contributed by atoms with Crippen molar-refractivity contribution in [3.8, 4) is 0 Å². The summed E-state index contributed by atoms with van der Waals surface area (Å²) in [4.78, 5) is 13.9. The molecule has 1 heterocycles. The van der Waals surface area contributed by atoms with Crippen molar-refractivity contribution in [3.05, 3.63) is 0 Å². The van der Waals surface area contributed by atoms with Crippen molar-refractivity contribution in [1.29, 1.82) is 0 Å². The number of hydrogen-bond acceptors (Lipinski definition) is 3. The first kappa shape index (κ1) is 12.8. The molecule has 0 radical (unpaired) electrons. The van der Waals surface area contributed by atoms with Crippen molar-refractivity contribution < 1.29 is 4.79 Å². The van der Waals surface area contributed by atoms with Crippen LogP contribution in [0.25, 0.3) is 0 Å². The molecule has 0 bridgehead atoms. The van der Waals surface area contributed by atoms with Gasteiger partial charge in [-0.15, -0.1) is 0 Å². The fourth-order valence-electron chi connectivity index (χ4n) is 3.23. The van der Waals surface area contributed by atoms with Crippen molar-refractivity contribution in [3.63, 3.8) is 0 Å². The molecule has 1 aliphatic carbocycles. The molecular weight excluding hydrogens is 214 g/mol. The van der Waals surface area contributed by atoms with Gasteiger partial charge in [-0.3, -0.25) is 4.79 Å². The highest BCUT2D eigenvalue weighted by Crippen LogP contribution is 2.32. The SMILES string of the molecule is CC1CCCN(C2CCC(N)(C(N)=O)C2)CC1. The Morgan fingerprint density at radius 2 is 2.06 bits per heavy atom. The lowest BCUT2D eigenvalue weighted by atomic mass is 9.98. The first-order valence-electron chi connectivity index (χ1n) is 6.84. The van der Waals surface area contributed by atoms with Crippen LogP contribution >= 0.6 is 0 Å². The molecule has 98 valence electrons. The van der Waals surface area contributed by atoms with Gasteiger partial charge in [-0.1, -0.05) is 6.92 Å². The molecule has 3 unspecified atom stereocenters. The molecular formula is C13H25N3O. The van der Waals surface area contributed by atoms with E-state index in [1.165, 1.54) is 19.3 Å². The lowest BCUT2D eigenvalue weighted by Crippen LogP contribution is -2.51. The van der Waals surface area contributed by atoms with Crippen molar-refractivity contribution in [2.24, 2.45) is 17.4 Å². The quantitative estimate of drug-likeness (QED) is 0.750. The Labute approximate surface area is 104 Å². The van der Waals surface area contributed by atoms with Gasteiger partial charge in [-0.25, -0.2) is 0 Å². The maximum atomic E-state index is 11.4. The summed E-state index contributed by atoms with van der Waals surface area (Å²) in [6, 6.07) is 0.470. The number of nitrogens with two attached hydrogens (primary N) is 2. The van der Waals surface area contributed by atoms with Crippen LogP contribution in [0.3, 0.4) is 0 Å². The topological polar surface area (TPSA) is 72.3 Å². The van der Waals surface area contributed by atoms with Crippen LogP contribution in [0.5, 0.6) is 0 Å². The standard InChI is InChI=1S/C13H25N3O/c1-10-3-2-7-16(8-5-10)11-4-6-13(15,9-11)12(14)17/h10-11H,2-9,15H2,1H3,(H2,14,17). The number of likely N-dealkylation sites (tertiary alicyclic amines) is 1. The maximum absolute atomic E-state index is 11.4. The molecule has 2 fully saturated rings. The van der Waals surface area contributed by atoms with E-state index >= 15 is 0 Å². The molecule has 1 saturated heterocycles. The number of carbonyl (C=O) groups is 1. The summed E-state index contributed by atoms with van der Waals surface area (Å²) in [7, 11) is 0. The van der Waals surface area contributed by atoms with E-state index < -0.39 is 5.54 Å². The summed E-state index contributed by atoms with van der Waals surface area (Å²) >= 11 is 0. The van der Waals surface area contributed by atoms with E-state index in [0.29, 0.717) is 6.04 Å². The van der Waals surface area contributed by atoms with E-state index in [-0.39, 0.29) is 5.91 Å². The van der Waals surface area contributed by atoms with Gasteiger partial charge in [0, 0.05) is 6.04 Å². The number of carbonyl (C=O) groups excluding carboxylic acids is 1. The third-order valence-electron chi connectivity index (χ3n) is 4.58. The predicted octanol–water partition coefficient (Wildman–Crippen LogP) is 0.844. The molecule has 1 saturated carbocycles. The molecule has 4 N–H and O–H groups in total. The van der Waals surface area contributed by atoms with Gasteiger partial charge in [0.1, 0.15) is 0 Å². The van der Waals surface area contributed by atoms with Crippen LogP contribution in [-0.2, 0) is 4.79 Å². The van der Waals surface area contributed by atoms with Crippen molar-refractivity contribution in [2.75, 3.05) is 13.1 Å². The minimum absolute atomic E-state index is 0.330. The van der Waals surface area contributed by atoms with Gasteiger partial charge < -0.3 is 16.4 Å². The third kappa shape index (κ3) is 2.80. The lowest BCUT2D eigenvalue weighted by molar-refractivity contribution is -0.123. The smallest absolute Gasteiger partial charge is 0.237 e. The zero-order chi connectivity index (χ0) is 12.5. The molecule has 0 spiro atoms. The molecule has 1 amide bonds. The lowest BCUT2D eigenvalue weighted by Gasteiger charge is -2.28. The van der Waals surface area contributed by atoms with E-state index in [2.05, 4.69) is 11.8 Å². The fraction of sp³-hybridized carbons (Fsp3) is 0.923. The summed E-state index contributed by atoms with van der Waals surface area (Å²) < 4.78 is 0. The van der Waals surface area contributed by atoms with Crippen molar-refractivity contribution >= 4 is 5.91 Å². The number of primary amides is 1. The second kappa shape index (κ2) is 4.94. The summed E-state index contributed by atoms with van der Waals surface area (Å²) in [5.41, 5.74) is 10.7. The van der Waals surface area contributed by atoms with Crippen molar-refractivity contribution in [1.82, 2.24) is 4.90 Å². The largest absolute Gasteiger partial charge is 0.368 e. The number of nitrogens with zero attached hydrogens (tertiary/aromatic N) is 1. The summed E-state index contributed by atoms with van der Waals surface area (Å²) in [6.07, 6.45) is 6.38. The van der Waals surface area contributed by atoms with Crippen LogP contribution in [-0.4, -0.2) is 35.5 Å². The van der Waals surface area contributed by atoms with Gasteiger partial charge in [-0.2, -0.15) is 0 Å². The van der Waals surface area contributed by atoms with E-state index in [1.54, 1.807) is 0 Å². The van der Waals surface area contributed by atoms with Gasteiger partial charge in [0.25, 0.3) is 0 Å². The molecule has 0 aromatic heterocycles. The molecule has 0 aromatic carbocycles. The normalized spacial score (nSPS) is 40.1. The Bertz CT molecular complexity index is 294. The fourth-order valence-corrected chi connectivity index (χ4v) is 3.23. The summed E-state index contributed by atoms with van der Waals surface area (Å²) in [5.74, 6) is 0.503. The highest BCUT2D eigenvalue weighted by Gasteiger charge is 2.42. The highest BCUT2D eigenvalue weighted by molar-refractivity contribution is 5.84. The minimum atomic E-state index is -0.747.